The third kappa shape index (κ3) is 6.53. The maximum atomic E-state index is 13.3. The van der Waals surface area contributed by atoms with E-state index in [-0.39, 0.29) is 11.8 Å². The van der Waals surface area contributed by atoms with E-state index >= 15 is 0 Å². The highest BCUT2D eigenvalue weighted by molar-refractivity contribution is 5.89. The highest BCUT2D eigenvalue weighted by Gasteiger charge is 2.35. The van der Waals surface area contributed by atoms with Crippen molar-refractivity contribution >= 4 is 34.8 Å². The fourth-order valence-corrected chi connectivity index (χ4v) is 4.70. The van der Waals surface area contributed by atoms with Crippen LogP contribution >= 0.6 is 0 Å². The minimum atomic E-state index is -0.841. The zero-order valence-corrected chi connectivity index (χ0v) is 24.2. The summed E-state index contributed by atoms with van der Waals surface area (Å²) < 4.78 is 11.9. The Kier molecular flexibility index (Phi) is 8.63. The molecule has 1 saturated heterocycles. The first-order valence-electron chi connectivity index (χ1n) is 13.9. The second-order valence-electron chi connectivity index (χ2n) is 11.6. The van der Waals surface area contributed by atoms with Crippen molar-refractivity contribution in [1.29, 1.82) is 0 Å². The number of hydrogen-bond acceptors (Lipinski definition) is 7. The summed E-state index contributed by atoms with van der Waals surface area (Å²) in [5.41, 5.74) is 4.75. The summed E-state index contributed by atoms with van der Waals surface area (Å²) in [4.78, 5) is 44.3. The van der Waals surface area contributed by atoms with Gasteiger partial charge in [-0.25, -0.2) is 10.4 Å². The molecule has 1 aromatic heterocycles. The van der Waals surface area contributed by atoms with Crippen molar-refractivity contribution in [2.75, 3.05) is 6.54 Å². The summed E-state index contributed by atoms with van der Waals surface area (Å²) in [6, 6.07) is 8.26. The average Bonchev–Trinajstić information content (AvgIpc) is 2.92. The Bertz CT molecular complexity index is 1330. The van der Waals surface area contributed by atoms with Crippen molar-refractivity contribution < 1.29 is 23.9 Å². The number of amides is 2. The Morgan fingerprint density at radius 3 is 2.55 bits per heavy atom. The molecule has 4 atom stereocenters. The third-order valence-corrected chi connectivity index (χ3v) is 7.46. The van der Waals surface area contributed by atoms with Crippen LogP contribution in [0.4, 0.5) is 0 Å². The molecule has 0 aliphatic carbocycles. The molecule has 1 aromatic carbocycles. The second kappa shape index (κ2) is 11.8. The number of esters is 1. The molecule has 40 heavy (non-hydrogen) atoms. The molecule has 2 aliphatic heterocycles. The molecule has 4 rings (SSSR count). The number of nitrogens with one attached hydrogen (secondary N) is 2. The maximum absolute atomic E-state index is 13.3. The molecule has 0 spiro atoms. The van der Waals surface area contributed by atoms with E-state index in [2.05, 4.69) is 17.3 Å². The molecule has 5 bridgehead atoms. The van der Waals surface area contributed by atoms with Crippen LogP contribution in [0.5, 0.6) is 0 Å². The third-order valence-electron chi connectivity index (χ3n) is 7.46. The number of carbonyl (C=O) groups excluding carboxylic acids is 3. The number of pyridine rings is 1. The summed E-state index contributed by atoms with van der Waals surface area (Å²) in [6.07, 6.45) is 3.67. The van der Waals surface area contributed by atoms with Gasteiger partial charge >= 0.3 is 5.97 Å². The van der Waals surface area contributed by atoms with Crippen LogP contribution in [0.15, 0.2) is 48.7 Å². The smallest absolute Gasteiger partial charge is 0.325 e. The Labute approximate surface area is 236 Å². The van der Waals surface area contributed by atoms with Crippen LogP contribution in [-0.2, 0) is 23.9 Å². The molecule has 0 radical (unpaired) electrons. The molecule has 0 unspecified atom stereocenters. The average molecular weight is 549 g/mol. The van der Waals surface area contributed by atoms with E-state index in [0.29, 0.717) is 30.8 Å². The first kappa shape index (κ1) is 29.3. The van der Waals surface area contributed by atoms with E-state index < -0.39 is 41.6 Å². The number of aromatic nitrogens is 1. The molecule has 214 valence electrons. The molecule has 9 heteroatoms. The molecular formula is C31H40N4O5. The van der Waals surface area contributed by atoms with Gasteiger partial charge in [0.2, 0.25) is 0 Å². The van der Waals surface area contributed by atoms with Gasteiger partial charge in [0.25, 0.3) is 11.8 Å². The van der Waals surface area contributed by atoms with Crippen LogP contribution in [-0.4, -0.2) is 52.5 Å². The van der Waals surface area contributed by atoms with Crippen molar-refractivity contribution in [3.8, 4) is 0 Å². The van der Waals surface area contributed by atoms with Gasteiger partial charge in [0.1, 0.15) is 18.2 Å². The number of fused-ring (bicyclic) bond motifs is 4. The van der Waals surface area contributed by atoms with Gasteiger partial charge in [-0.05, 0) is 64.2 Å². The Balaban J connectivity index is 1.70. The predicted octanol–water partition coefficient (Wildman–Crippen LogP) is 4.45. The first-order valence-corrected chi connectivity index (χ1v) is 13.9. The molecule has 2 amide bonds. The Morgan fingerprint density at radius 1 is 1.10 bits per heavy atom. The lowest BCUT2D eigenvalue weighted by Gasteiger charge is -2.35. The van der Waals surface area contributed by atoms with Crippen LogP contribution in [0, 0.1) is 11.3 Å². The van der Waals surface area contributed by atoms with Gasteiger partial charge in [-0.3, -0.25) is 19.4 Å². The van der Waals surface area contributed by atoms with E-state index in [4.69, 9.17) is 14.5 Å². The first-order chi connectivity index (χ1) is 18.9. The van der Waals surface area contributed by atoms with E-state index in [9.17, 15) is 14.4 Å². The van der Waals surface area contributed by atoms with Gasteiger partial charge in [0.15, 0.2) is 6.10 Å². The summed E-state index contributed by atoms with van der Waals surface area (Å²) in [5, 5.41) is 5.15. The SMILES string of the molecule is C=C1O[C@@H](C(C)C)C(=O)N[C@@H](C)C(=O)N2CCC[C@H](N2)C(=O)O[C@H](C)c2ccc3ccc(cc3n2)/C=C/C1(C)C. The molecular weight excluding hydrogens is 508 g/mol. The summed E-state index contributed by atoms with van der Waals surface area (Å²) in [7, 11) is 0. The number of hydrogen-bond donors (Lipinski definition) is 2. The minimum Gasteiger partial charge on any atom is -0.484 e. The van der Waals surface area contributed by atoms with E-state index in [1.807, 2.05) is 70.2 Å². The molecule has 2 N–H and O–H groups in total. The van der Waals surface area contributed by atoms with Crippen LogP contribution < -0.4 is 10.7 Å². The number of allylic oxidation sites excluding steroid dienone is 1. The lowest BCUT2D eigenvalue weighted by Crippen LogP contribution is -2.60. The summed E-state index contributed by atoms with van der Waals surface area (Å²) in [5.74, 6) is -0.939. The fourth-order valence-electron chi connectivity index (χ4n) is 4.70. The Hall–Kier alpha value is -3.72. The fraction of sp³-hybridized carbons (Fsp3) is 0.484. The molecule has 0 saturated carbocycles. The van der Waals surface area contributed by atoms with E-state index in [0.717, 1.165) is 16.5 Å². The van der Waals surface area contributed by atoms with Crippen molar-refractivity contribution in [2.24, 2.45) is 11.3 Å². The van der Waals surface area contributed by atoms with Crippen LogP contribution in [0.3, 0.4) is 0 Å². The number of rotatable bonds is 1. The topological polar surface area (TPSA) is 110 Å². The normalized spacial score (nSPS) is 27.2. The number of benzene rings is 1. The van der Waals surface area contributed by atoms with Crippen molar-refractivity contribution in [1.82, 2.24) is 20.7 Å². The summed E-state index contributed by atoms with van der Waals surface area (Å²) >= 11 is 0. The van der Waals surface area contributed by atoms with E-state index in [1.165, 1.54) is 5.01 Å². The monoisotopic (exact) mass is 548 g/mol. The zero-order chi connectivity index (χ0) is 29.2. The van der Waals surface area contributed by atoms with Crippen molar-refractivity contribution in [3.63, 3.8) is 0 Å². The number of carbonyl (C=O) groups is 3. The summed E-state index contributed by atoms with van der Waals surface area (Å²) in [6.45, 7) is 15.7. The van der Waals surface area contributed by atoms with E-state index in [1.54, 1.807) is 13.8 Å². The lowest BCUT2D eigenvalue weighted by molar-refractivity contribution is -0.157. The van der Waals surface area contributed by atoms with Crippen molar-refractivity contribution in [3.05, 3.63) is 60.0 Å². The number of cyclic esters (lactones) is 1. The van der Waals surface area contributed by atoms with Crippen LogP contribution in [0.1, 0.15) is 71.7 Å². The van der Waals surface area contributed by atoms with Gasteiger partial charge in [-0.2, -0.15) is 0 Å². The van der Waals surface area contributed by atoms with Gasteiger partial charge < -0.3 is 14.8 Å². The number of hydrazine groups is 1. The van der Waals surface area contributed by atoms with Crippen LogP contribution in [0.2, 0.25) is 0 Å². The van der Waals surface area contributed by atoms with Gasteiger partial charge in [-0.1, -0.05) is 50.8 Å². The second-order valence-corrected chi connectivity index (χ2v) is 11.6. The number of ether oxygens (including phenoxy) is 2. The Morgan fingerprint density at radius 2 is 1.82 bits per heavy atom. The largest absolute Gasteiger partial charge is 0.484 e. The van der Waals surface area contributed by atoms with Crippen molar-refractivity contribution in [2.45, 2.75) is 78.7 Å². The van der Waals surface area contributed by atoms with Crippen LogP contribution in [0.25, 0.3) is 17.0 Å². The number of nitrogens with zero attached hydrogens (tertiary/aromatic N) is 2. The highest BCUT2D eigenvalue weighted by atomic mass is 16.5. The van der Waals surface area contributed by atoms with Gasteiger partial charge in [0, 0.05) is 17.3 Å². The molecule has 2 aliphatic rings. The standard InChI is InChI=1S/C31H40N4O5/c1-18(2)27-28(36)32-19(3)29(37)35-16-8-9-25(34-35)30(38)39-20(4)24-13-12-23-11-10-22(17-26(23)33-24)14-15-31(6,7)21(5)40-27/h10-15,17-20,25,27,34H,5,8-9,16H2,1-4,6-7H3,(H,32,36)/b15-14+/t19-,20+,25-,27-/m0/s1. The van der Waals surface area contributed by atoms with Gasteiger partial charge in [0.05, 0.1) is 17.0 Å². The minimum absolute atomic E-state index is 0.171. The molecule has 2 aromatic rings. The zero-order valence-electron chi connectivity index (χ0n) is 24.2. The maximum Gasteiger partial charge on any atom is 0.325 e. The molecule has 1 fully saturated rings. The van der Waals surface area contributed by atoms with Gasteiger partial charge in [-0.15, -0.1) is 0 Å². The predicted molar refractivity (Wildman–Crippen MR) is 153 cm³/mol. The highest BCUT2D eigenvalue weighted by Crippen LogP contribution is 2.31. The lowest BCUT2D eigenvalue weighted by atomic mass is 9.89. The molecule has 9 nitrogen and oxygen atoms in total. The quantitative estimate of drug-likeness (QED) is 0.507. The molecule has 3 heterocycles.